The Morgan fingerprint density at radius 2 is 2.16 bits per heavy atom. The van der Waals surface area contributed by atoms with Crippen LogP contribution in [0.1, 0.15) is 5.56 Å². The van der Waals surface area contributed by atoms with Gasteiger partial charge in [0.25, 0.3) is 5.91 Å². The van der Waals surface area contributed by atoms with Crippen molar-refractivity contribution >= 4 is 63.6 Å². The van der Waals surface area contributed by atoms with Crippen molar-refractivity contribution < 1.29 is 14.4 Å². The maximum Gasteiger partial charge on any atom is 0.329 e. The number of anilines is 1. The summed E-state index contributed by atoms with van der Waals surface area (Å²) >= 11 is 13.2. The molecule has 1 fully saturated rings. The van der Waals surface area contributed by atoms with Crippen LogP contribution in [0.5, 0.6) is 0 Å². The lowest BCUT2D eigenvalue weighted by molar-refractivity contribution is -0.127. The minimum atomic E-state index is -0.691. The first-order chi connectivity index (χ1) is 12.0. The highest BCUT2D eigenvalue weighted by molar-refractivity contribution is 7.13. The van der Waals surface area contributed by atoms with Gasteiger partial charge < -0.3 is 10.6 Å². The SMILES string of the molecule is O=C(CN1C(=O)N/C(=C\c2cccc(Cl)c2Cl)C1=O)Nc1nccs1. The van der Waals surface area contributed by atoms with Crippen LogP contribution in [0.15, 0.2) is 35.5 Å². The summed E-state index contributed by atoms with van der Waals surface area (Å²) in [5.41, 5.74) is 0.489. The third kappa shape index (κ3) is 3.81. The van der Waals surface area contributed by atoms with E-state index in [1.165, 1.54) is 23.6 Å². The lowest BCUT2D eigenvalue weighted by Crippen LogP contribution is -2.38. The summed E-state index contributed by atoms with van der Waals surface area (Å²) in [5.74, 6) is -1.16. The summed E-state index contributed by atoms with van der Waals surface area (Å²) in [6, 6.07) is 4.24. The van der Waals surface area contributed by atoms with Crippen molar-refractivity contribution in [2.45, 2.75) is 0 Å². The van der Waals surface area contributed by atoms with Gasteiger partial charge in [0, 0.05) is 11.6 Å². The standard InChI is InChI=1S/C15H10Cl2N4O3S/c16-9-3-1-2-8(12(9)17)6-10-13(23)21(15(24)19-10)7-11(22)20-14-18-4-5-25-14/h1-6H,7H2,(H,19,24)(H,18,20,22)/b10-6-. The Labute approximate surface area is 156 Å². The summed E-state index contributed by atoms with van der Waals surface area (Å²) in [6.45, 7) is -0.426. The number of thiazole rings is 1. The number of amides is 4. The van der Waals surface area contributed by atoms with Gasteiger partial charge >= 0.3 is 6.03 Å². The van der Waals surface area contributed by atoms with Crippen LogP contribution in [0, 0.1) is 0 Å². The lowest BCUT2D eigenvalue weighted by Gasteiger charge is -2.10. The summed E-state index contributed by atoms with van der Waals surface area (Å²) in [7, 11) is 0. The van der Waals surface area contributed by atoms with Gasteiger partial charge in [-0.3, -0.25) is 9.59 Å². The molecule has 1 aromatic carbocycles. The van der Waals surface area contributed by atoms with Crippen molar-refractivity contribution in [3.05, 3.63) is 51.1 Å². The van der Waals surface area contributed by atoms with E-state index in [-0.39, 0.29) is 10.7 Å². The number of imide groups is 1. The number of carbonyl (C=O) groups excluding carboxylic acids is 3. The maximum absolute atomic E-state index is 12.4. The first-order valence-corrected chi connectivity index (χ1v) is 8.57. The molecular weight excluding hydrogens is 387 g/mol. The molecule has 0 radical (unpaired) electrons. The minimum absolute atomic E-state index is 0.0104. The molecular formula is C15H10Cl2N4O3S. The number of nitrogens with one attached hydrogen (secondary N) is 2. The summed E-state index contributed by atoms with van der Waals surface area (Å²) in [5, 5.41) is 7.59. The van der Waals surface area contributed by atoms with Gasteiger partial charge in [-0.2, -0.15) is 0 Å². The van der Waals surface area contributed by atoms with Gasteiger partial charge in [-0.05, 0) is 17.7 Å². The predicted octanol–water partition coefficient (Wildman–Crippen LogP) is 2.98. The van der Waals surface area contributed by atoms with Crippen LogP contribution in [0.3, 0.4) is 0 Å². The highest BCUT2D eigenvalue weighted by Gasteiger charge is 2.35. The van der Waals surface area contributed by atoms with Gasteiger partial charge in [0.15, 0.2) is 5.13 Å². The van der Waals surface area contributed by atoms with Gasteiger partial charge in [0.2, 0.25) is 5.91 Å². The van der Waals surface area contributed by atoms with Crippen molar-refractivity contribution in [1.82, 2.24) is 15.2 Å². The quantitative estimate of drug-likeness (QED) is 0.613. The van der Waals surface area contributed by atoms with E-state index in [0.29, 0.717) is 15.7 Å². The van der Waals surface area contributed by atoms with Crippen molar-refractivity contribution in [3.8, 4) is 0 Å². The molecule has 0 bridgehead atoms. The Hall–Kier alpha value is -2.42. The number of hydrogen-bond acceptors (Lipinski definition) is 5. The van der Waals surface area contributed by atoms with Crippen LogP contribution < -0.4 is 10.6 Å². The normalized spacial score (nSPS) is 15.6. The van der Waals surface area contributed by atoms with Gasteiger partial charge in [0.05, 0.1) is 10.0 Å². The zero-order valence-electron chi connectivity index (χ0n) is 12.5. The largest absolute Gasteiger partial charge is 0.329 e. The van der Waals surface area contributed by atoms with Crippen LogP contribution in [0.4, 0.5) is 9.93 Å². The second-order valence-corrected chi connectivity index (χ2v) is 6.59. The predicted molar refractivity (Wildman–Crippen MR) is 95.4 cm³/mol. The fourth-order valence-corrected chi connectivity index (χ4v) is 3.00. The minimum Gasteiger partial charge on any atom is -0.303 e. The second kappa shape index (κ2) is 7.22. The fourth-order valence-electron chi connectivity index (χ4n) is 2.09. The molecule has 1 aliphatic heterocycles. The Morgan fingerprint density at radius 1 is 1.36 bits per heavy atom. The number of benzene rings is 1. The number of aromatic nitrogens is 1. The highest BCUT2D eigenvalue weighted by atomic mass is 35.5. The van der Waals surface area contributed by atoms with E-state index in [1.54, 1.807) is 23.6 Å². The van der Waals surface area contributed by atoms with Crippen LogP contribution in [-0.2, 0) is 9.59 Å². The molecule has 0 atom stereocenters. The van der Waals surface area contributed by atoms with Gasteiger partial charge in [0.1, 0.15) is 12.2 Å². The molecule has 25 heavy (non-hydrogen) atoms. The summed E-state index contributed by atoms with van der Waals surface area (Å²) < 4.78 is 0. The van der Waals surface area contributed by atoms with E-state index in [0.717, 1.165) is 4.90 Å². The molecule has 2 N–H and O–H groups in total. The van der Waals surface area contributed by atoms with E-state index >= 15 is 0 Å². The van der Waals surface area contributed by atoms with Crippen molar-refractivity contribution in [1.29, 1.82) is 0 Å². The Bertz CT molecular complexity index is 883. The van der Waals surface area contributed by atoms with Crippen molar-refractivity contribution in [2.24, 2.45) is 0 Å². The molecule has 0 unspecified atom stereocenters. The molecule has 0 spiro atoms. The monoisotopic (exact) mass is 396 g/mol. The maximum atomic E-state index is 12.4. The molecule has 7 nitrogen and oxygen atoms in total. The van der Waals surface area contributed by atoms with Crippen LogP contribution in [0.2, 0.25) is 10.0 Å². The van der Waals surface area contributed by atoms with Crippen molar-refractivity contribution in [2.75, 3.05) is 11.9 Å². The van der Waals surface area contributed by atoms with Crippen LogP contribution >= 0.6 is 34.5 Å². The summed E-state index contributed by atoms with van der Waals surface area (Å²) in [4.78, 5) is 41.0. The number of hydrogen-bond donors (Lipinski definition) is 2. The van der Waals surface area contributed by atoms with Gasteiger partial charge in [-0.25, -0.2) is 14.7 Å². The van der Waals surface area contributed by atoms with Crippen LogP contribution in [0.25, 0.3) is 6.08 Å². The van der Waals surface area contributed by atoms with E-state index in [1.807, 2.05) is 0 Å². The fraction of sp³-hybridized carbons (Fsp3) is 0.0667. The topological polar surface area (TPSA) is 91.4 Å². The lowest BCUT2D eigenvalue weighted by atomic mass is 10.2. The second-order valence-electron chi connectivity index (χ2n) is 4.91. The molecule has 1 saturated heterocycles. The highest BCUT2D eigenvalue weighted by Crippen LogP contribution is 2.27. The van der Waals surface area contributed by atoms with Gasteiger partial charge in [-0.15, -0.1) is 11.3 Å². The van der Waals surface area contributed by atoms with Gasteiger partial charge in [-0.1, -0.05) is 35.3 Å². The molecule has 3 rings (SSSR count). The summed E-state index contributed by atoms with van der Waals surface area (Å²) in [6.07, 6.45) is 2.94. The molecule has 0 saturated carbocycles. The molecule has 0 aliphatic carbocycles. The van der Waals surface area contributed by atoms with E-state index in [4.69, 9.17) is 23.2 Å². The van der Waals surface area contributed by atoms with Crippen molar-refractivity contribution in [3.63, 3.8) is 0 Å². The molecule has 2 heterocycles. The van der Waals surface area contributed by atoms with E-state index in [9.17, 15) is 14.4 Å². The molecule has 1 aliphatic rings. The number of carbonyl (C=O) groups is 3. The molecule has 2 aromatic rings. The smallest absolute Gasteiger partial charge is 0.303 e. The Kier molecular flexibility index (Phi) is 5.03. The van der Waals surface area contributed by atoms with Crippen LogP contribution in [-0.4, -0.2) is 34.3 Å². The Morgan fingerprint density at radius 3 is 2.88 bits per heavy atom. The zero-order chi connectivity index (χ0) is 18.0. The third-order valence-electron chi connectivity index (χ3n) is 3.22. The number of rotatable bonds is 4. The first kappa shape index (κ1) is 17.4. The Balaban J connectivity index is 1.74. The number of nitrogens with zero attached hydrogens (tertiary/aromatic N) is 2. The average Bonchev–Trinajstić information content (AvgIpc) is 3.16. The number of urea groups is 1. The molecule has 1 aromatic heterocycles. The van der Waals surface area contributed by atoms with E-state index in [2.05, 4.69) is 15.6 Å². The molecule has 4 amide bonds. The number of halogens is 2. The molecule has 128 valence electrons. The molecule has 10 heteroatoms. The average molecular weight is 397 g/mol. The first-order valence-electron chi connectivity index (χ1n) is 6.93. The zero-order valence-corrected chi connectivity index (χ0v) is 14.8. The van der Waals surface area contributed by atoms with E-state index < -0.39 is 24.4 Å². The third-order valence-corrected chi connectivity index (χ3v) is 4.75.